The predicted molar refractivity (Wildman–Crippen MR) is 76.5 cm³/mol. The third-order valence-corrected chi connectivity index (χ3v) is 3.57. The molecule has 3 heteroatoms. The van der Waals surface area contributed by atoms with E-state index < -0.39 is 0 Å². The summed E-state index contributed by atoms with van der Waals surface area (Å²) in [6.45, 7) is 8.43. The average Bonchev–Trinajstić information content (AvgIpc) is 2.91. The molecule has 0 aliphatic rings. The highest BCUT2D eigenvalue weighted by atomic mass is 16.3. The van der Waals surface area contributed by atoms with Gasteiger partial charge in [-0.05, 0) is 37.1 Å². The highest BCUT2D eigenvalue weighted by molar-refractivity contribution is 5.05. The van der Waals surface area contributed by atoms with Crippen molar-refractivity contribution in [2.45, 2.75) is 39.9 Å². The number of nitrogens with zero attached hydrogens (tertiary/aromatic N) is 2. The molecule has 2 aromatic rings. The molecule has 1 atom stereocenters. The van der Waals surface area contributed by atoms with E-state index in [0.717, 1.165) is 24.5 Å². The lowest BCUT2D eigenvalue weighted by molar-refractivity contribution is 0.139. The van der Waals surface area contributed by atoms with Gasteiger partial charge in [0.05, 0.1) is 18.5 Å². The van der Waals surface area contributed by atoms with Crippen LogP contribution in [-0.2, 0) is 13.1 Å². The molecule has 2 rings (SSSR count). The third kappa shape index (κ3) is 3.93. The SMILES string of the molecule is CC(C)[C@@H](C)N(Cc1ccccn1)Cc1ccco1. The molecule has 0 saturated carbocycles. The molecule has 102 valence electrons. The summed E-state index contributed by atoms with van der Waals surface area (Å²) in [5.74, 6) is 1.60. The van der Waals surface area contributed by atoms with Crippen LogP contribution >= 0.6 is 0 Å². The Balaban J connectivity index is 2.10. The van der Waals surface area contributed by atoms with Gasteiger partial charge in [-0.25, -0.2) is 0 Å². The minimum Gasteiger partial charge on any atom is -0.468 e. The second-order valence-electron chi connectivity index (χ2n) is 5.29. The normalized spacial score (nSPS) is 13.1. The Morgan fingerprint density at radius 1 is 1.11 bits per heavy atom. The lowest BCUT2D eigenvalue weighted by Gasteiger charge is -2.30. The maximum absolute atomic E-state index is 5.47. The molecule has 0 spiro atoms. The molecular weight excluding hydrogens is 236 g/mol. The zero-order chi connectivity index (χ0) is 13.7. The fourth-order valence-corrected chi connectivity index (χ4v) is 2.07. The zero-order valence-electron chi connectivity index (χ0n) is 11.9. The molecule has 3 nitrogen and oxygen atoms in total. The van der Waals surface area contributed by atoms with Gasteiger partial charge in [0.2, 0.25) is 0 Å². The zero-order valence-corrected chi connectivity index (χ0v) is 11.9. The summed E-state index contributed by atoms with van der Waals surface area (Å²) < 4.78 is 5.47. The number of hydrogen-bond acceptors (Lipinski definition) is 3. The summed E-state index contributed by atoms with van der Waals surface area (Å²) in [6, 6.07) is 10.5. The van der Waals surface area contributed by atoms with Crippen LogP contribution in [0.3, 0.4) is 0 Å². The monoisotopic (exact) mass is 258 g/mol. The smallest absolute Gasteiger partial charge is 0.117 e. The topological polar surface area (TPSA) is 29.3 Å². The fraction of sp³-hybridized carbons (Fsp3) is 0.438. The summed E-state index contributed by atoms with van der Waals surface area (Å²) in [4.78, 5) is 6.83. The largest absolute Gasteiger partial charge is 0.468 e. The Morgan fingerprint density at radius 3 is 2.53 bits per heavy atom. The van der Waals surface area contributed by atoms with Crippen LogP contribution in [0.5, 0.6) is 0 Å². The summed E-state index contributed by atoms with van der Waals surface area (Å²) in [6.07, 6.45) is 3.58. The Hall–Kier alpha value is -1.61. The predicted octanol–water partition coefficient (Wildman–Crippen LogP) is 3.72. The van der Waals surface area contributed by atoms with Crippen molar-refractivity contribution in [1.29, 1.82) is 0 Å². The van der Waals surface area contributed by atoms with Crippen LogP contribution in [0.4, 0.5) is 0 Å². The van der Waals surface area contributed by atoms with E-state index >= 15 is 0 Å². The van der Waals surface area contributed by atoms with Gasteiger partial charge < -0.3 is 4.42 Å². The Labute approximate surface area is 115 Å². The molecule has 0 amide bonds. The minimum absolute atomic E-state index is 0.479. The van der Waals surface area contributed by atoms with E-state index in [1.165, 1.54) is 0 Å². The maximum atomic E-state index is 5.47. The lowest BCUT2D eigenvalue weighted by atomic mass is 10.0. The third-order valence-electron chi connectivity index (χ3n) is 3.57. The van der Waals surface area contributed by atoms with Gasteiger partial charge in [-0.15, -0.1) is 0 Å². The lowest BCUT2D eigenvalue weighted by Crippen LogP contribution is -2.35. The van der Waals surface area contributed by atoms with Crippen molar-refractivity contribution in [1.82, 2.24) is 9.88 Å². The first-order valence-electron chi connectivity index (χ1n) is 6.83. The van der Waals surface area contributed by atoms with Gasteiger partial charge in [0, 0.05) is 18.8 Å². The van der Waals surface area contributed by atoms with Crippen molar-refractivity contribution in [3.8, 4) is 0 Å². The fourth-order valence-electron chi connectivity index (χ4n) is 2.07. The van der Waals surface area contributed by atoms with Crippen molar-refractivity contribution < 1.29 is 4.42 Å². The standard InChI is InChI=1S/C16H22N2O/c1-13(2)14(3)18(12-16-8-6-10-19-16)11-15-7-4-5-9-17-15/h4-10,13-14H,11-12H2,1-3H3/t14-/m1/s1. The molecule has 0 N–H and O–H groups in total. The molecular formula is C16H22N2O. The van der Waals surface area contributed by atoms with E-state index in [2.05, 4.69) is 36.7 Å². The quantitative estimate of drug-likeness (QED) is 0.790. The van der Waals surface area contributed by atoms with Crippen LogP contribution in [0.2, 0.25) is 0 Å². The molecule has 0 unspecified atom stereocenters. The molecule has 0 aliphatic carbocycles. The first kappa shape index (κ1) is 13.8. The van der Waals surface area contributed by atoms with E-state index in [0.29, 0.717) is 12.0 Å². The van der Waals surface area contributed by atoms with Gasteiger partial charge in [0.1, 0.15) is 5.76 Å². The van der Waals surface area contributed by atoms with Crippen LogP contribution < -0.4 is 0 Å². The van der Waals surface area contributed by atoms with Crippen LogP contribution in [-0.4, -0.2) is 15.9 Å². The van der Waals surface area contributed by atoms with Crippen LogP contribution in [0.15, 0.2) is 47.2 Å². The van der Waals surface area contributed by atoms with Crippen molar-refractivity contribution in [2.75, 3.05) is 0 Å². The molecule has 19 heavy (non-hydrogen) atoms. The van der Waals surface area contributed by atoms with E-state index in [1.54, 1.807) is 6.26 Å². The van der Waals surface area contributed by atoms with E-state index in [-0.39, 0.29) is 0 Å². The molecule has 2 aromatic heterocycles. The Morgan fingerprint density at radius 2 is 1.95 bits per heavy atom. The van der Waals surface area contributed by atoms with Gasteiger partial charge in [0.15, 0.2) is 0 Å². The highest BCUT2D eigenvalue weighted by Crippen LogP contribution is 2.17. The van der Waals surface area contributed by atoms with Gasteiger partial charge in [-0.3, -0.25) is 9.88 Å². The van der Waals surface area contributed by atoms with Gasteiger partial charge in [-0.1, -0.05) is 19.9 Å². The van der Waals surface area contributed by atoms with Gasteiger partial charge in [0.25, 0.3) is 0 Å². The van der Waals surface area contributed by atoms with Gasteiger partial charge >= 0.3 is 0 Å². The van der Waals surface area contributed by atoms with E-state index in [9.17, 15) is 0 Å². The number of pyridine rings is 1. The molecule has 0 fully saturated rings. The summed E-state index contributed by atoms with van der Waals surface area (Å²) >= 11 is 0. The second kappa shape index (κ2) is 6.53. The number of hydrogen-bond donors (Lipinski definition) is 0. The van der Waals surface area contributed by atoms with E-state index in [1.807, 2.05) is 30.5 Å². The Kier molecular flexibility index (Phi) is 4.74. The molecule has 0 aromatic carbocycles. The van der Waals surface area contributed by atoms with Crippen molar-refractivity contribution in [2.24, 2.45) is 5.92 Å². The summed E-state index contributed by atoms with van der Waals surface area (Å²) in [5.41, 5.74) is 1.10. The second-order valence-corrected chi connectivity index (χ2v) is 5.29. The van der Waals surface area contributed by atoms with Crippen LogP contribution in [0.25, 0.3) is 0 Å². The maximum Gasteiger partial charge on any atom is 0.117 e. The van der Waals surface area contributed by atoms with Crippen molar-refractivity contribution in [3.63, 3.8) is 0 Å². The molecule has 0 bridgehead atoms. The van der Waals surface area contributed by atoms with E-state index in [4.69, 9.17) is 4.42 Å². The van der Waals surface area contributed by atoms with Crippen molar-refractivity contribution in [3.05, 3.63) is 54.2 Å². The first-order chi connectivity index (χ1) is 9.16. The molecule has 0 saturated heterocycles. The van der Waals surface area contributed by atoms with Crippen molar-refractivity contribution >= 4 is 0 Å². The van der Waals surface area contributed by atoms with Crippen LogP contribution in [0.1, 0.15) is 32.2 Å². The molecule has 2 heterocycles. The minimum atomic E-state index is 0.479. The van der Waals surface area contributed by atoms with Crippen LogP contribution in [0, 0.1) is 5.92 Å². The summed E-state index contributed by atoms with van der Waals surface area (Å²) in [5, 5.41) is 0. The van der Waals surface area contributed by atoms with Gasteiger partial charge in [-0.2, -0.15) is 0 Å². The molecule has 0 radical (unpaired) electrons. The number of rotatable bonds is 6. The molecule has 0 aliphatic heterocycles. The number of furan rings is 1. The highest BCUT2D eigenvalue weighted by Gasteiger charge is 2.19. The number of aromatic nitrogens is 1. The Bertz CT molecular complexity index is 465. The average molecular weight is 258 g/mol. The first-order valence-corrected chi connectivity index (χ1v) is 6.83. The summed E-state index contributed by atoms with van der Waals surface area (Å²) in [7, 11) is 0.